The van der Waals surface area contributed by atoms with Gasteiger partial charge in [0, 0.05) is 23.5 Å². The largest absolute Gasteiger partial charge is 0.298 e. The van der Waals surface area contributed by atoms with E-state index in [2.05, 4.69) is 22.4 Å². The van der Waals surface area contributed by atoms with Crippen molar-refractivity contribution in [3.05, 3.63) is 72.3 Å². The first-order chi connectivity index (χ1) is 9.16. The van der Waals surface area contributed by atoms with Gasteiger partial charge in [0.15, 0.2) is 0 Å². The van der Waals surface area contributed by atoms with Gasteiger partial charge in [-0.05, 0) is 36.4 Å². The van der Waals surface area contributed by atoms with Crippen molar-refractivity contribution in [2.75, 3.05) is 0 Å². The normalized spacial score (nSPS) is 9.74. The molecule has 2 rings (SSSR count). The van der Waals surface area contributed by atoms with Crippen LogP contribution < -0.4 is 10.9 Å². The number of halogens is 1. The van der Waals surface area contributed by atoms with Gasteiger partial charge in [-0.3, -0.25) is 20.6 Å². The number of nitrogens with zero attached hydrogens (tertiary/aromatic N) is 1. The smallest absolute Gasteiger partial charge is 0.269 e. The average molecular weight is 257 g/mol. The molecule has 19 heavy (non-hydrogen) atoms. The lowest BCUT2D eigenvalue weighted by molar-refractivity contribution is 0.0942. The fourth-order valence-electron chi connectivity index (χ4n) is 1.42. The summed E-state index contributed by atoms with van der Waals surface area (Å²) in [4.78, 5) is 15.7. The molecule has 2 N–H and O–H groups in total. The second kappa shape index (κ2) is 5.77. The Labute approximate surface area is 110 Å². The van der Waals surface area contributed by atoms with Crippen molar-refractivity contribution in [1.82, 2.24) is 15.8 Å². The quantitative estimate of drug-likeness (QED) is 0.825. The molecule has 0 fully saturated rings. The summed E-state index contributed by atoms with van der Waals surface area (Å²) in [5.41, 5.74) is 6.80. The van der Waals surface area contributed by atoms with Crippen molar-refractivity contribution in [2.24, 2.45) is 0 Å². The minimum absolute atomic E-state index is 0.355. The average Bonchev–Trinajstić information content (AvgIpc) is 2.46. The Balaban J connectivity index is 1.94. The molecule has 4 nitrogen and oxygen atoms in total. The third kappa shape index (κ3) is 3.38. The van der Waals surface area contributed by atoms with Gasteiger partial charge in [-0.1, -0.05) is 6.58 Å². The van der Waals surface area contributed by atoms with Gasteiger partial charge in [-0.25, -0.2) is 4.39 Å². The molecule has 5 heteroatoms. The van der Waals surface area contributed by atoms with Crippen LogP contribution in [0.2, 0.25) is 0 Å². The molecular weight excluding hydrogens is 245 g/mol. The molecule has 2 aromatic rings. The zero-order chi connectivity index (χ0) is 13.7. The van der Waals surface area contributed by atoms with E-state index in [0.717, 1.165) is 5.56 Å². The molecule has 0 saturated heterocycles. The van der Waals surface area contributed by atoms with Crippen LogP contribution in [0.3, 0.4) is 0 Å². The zero-order valence-corrected chi connectivity index (χ0v) is 10.1. The van der Waals surface area contributed by atoms with E-state index in [1.54, 1.807) is 18.5 Å². The minimum Gasteiger partial charge on any atom is -0.298 e. The highest BCUT2D eigenvalue weighted by Gasteiger charge is 2.05. The van der Waals surface area contributed by atoms with Gasteiger partial charge in [-0.15, -0.1) is 0 Å². The third-order valence-electron chi connectivity index (χ3n) is 2.44. The first kappa shape index (κ1) is 12.8. The SMILES string of the molecule is C=C(NNC(=O)c1ccc(F)cc1)c1cccnc1. The third-order valence-corrected chi connectivity index (χ3v) is 2.44. The number of rotatable bonds is 4. The minimum atomic E-state index is -0.385. The maximum absolute atomic E-state index is 12.7. The molecule has 1 aromatic heterocycles. The fraction of sp³-hybridized carbons (Fsp3) is 0. The van der Waals surface area contributed by atoms with E-state index in [4.69, 9.17) is 0 Å². The number of pyridine rings is 1. The van der Waals surface area contributed by atoms with Gasteiger partial charge in [0.25, 0.3) is 5.91 Å². The van der Waals surface area contributed by atoms with E-state index in [1.807, 2.05) is 6.07 Å². The molecule has 1 heterocycles. The Bertz CT molecular complexity index is 581. The lowest BCUT2D eigenvalue weighted by Crippen LogP contribution is -2.35. The Morgan fingerprint density at radius 3 is 2.47 bits per heavy atom. The Hall–Kier alpha value is -2.69. The monoisotopic (exact) mass is 257 g/mol. The maximum Gasteiger partial charge on any atom is 0.269 e. The molecule has 0 bridgehead atoms. The van der Waals surface area contributed by atoms with Gasteiger partial charge in [-0.2, -0.15) is 0 Å². The molecular formula is C14H12FN3O. The van der Waals surface area contributed by atoms with Gasteiger partial charge in [0.1, 0.15) is 5.82 Å². The van der Waals surface area contributed by atoms with E-state index >= 15 is 0 Å². The summed E-state index contributed by atoms with van der Waals surface area (Å²) in [6.07, 6.45) is 3.27. The molecule has 96 valence electrons. The lowest BCUT2D eigenvalue weighted by Gasteiger charge is -2.10. The van der Waals surface area contributed by atoms with Crippen LogP contribution in [0.15, 0.2) is 55.4 Å². The summed E-state index contributed by atoms with van der Waals surface area (Å²) >= 11 is 0. The molecule has 0 atom stereocenters. The molecule has 0 saturated carbocycles. The number of amides is 1. The summed E-state index contributed by atoms with van der Waals surface area (Å²) < 4.78 is 12.7. The summed E-state index contributed by atoms with van der Waals surface area (Å²) in [5.74, 6) is -0.755. The molecule has 0 aliphatic carbocycles. The van der Waals surface area contributed by atoms with Crippen molar-refractivity contribution in [3.8, 4) is 0 Å². The van der Waals surface area contributed by atoms with E-state index in [9.17, 15) is 9.18 Å². The topological polar surface area (TPSA) is 54.0 Å². The highest BCUT2D eigenvalue weighted by molar-refractivity contribution is 5.94. The van der Waals surface area contributed by atoms with Crippen LogP contribution in [-0.4, -0.2) is 10.9 Å². The summed E-state index contributed by atoms with van der Waals surface area (Å²) in [6.45, 7) is 3.78. The number of benzene rings is 1. The predicted octanol–water partition coefficient (Wildman–Crippen LogP) is 2.13. The van der Waals surface area contributed by atoms with Gasteiger partial charge in [0.2, 0.25) is 0 Å². The van der Waals surface area contributed by atoms with Crippen LogP contribution in [0.1, 0.15) is 15.9 Å². The Morgan fingerprint density at radius 2 is 1.84 bits per heavy atom. The van der Waals surface area contributed by atoms with Crippen LogP contribution in [0, 0.1) is 5.82 Å². The van der Waals surface area contributed by atoms with Crippen LogP contribution in [-0.2, 0) is 0 Å². The number of hydrogen-bond acceptors (Lipinski definition) is 3. The number of hydrazine groups is 1. The second-order valence-corrected chi connectivity index (χ2v) is 3.81. The van der Waals surface area contributed by atoms with E-state index in [1.165, 1.54) is 24.3 Å². The molecule has 1 aromatic carbocycles. The fourth-order valence-corrected chi connectivity index (χ4v) is 1.42. The van der Waals surface area contributed by atoms with Crippen molar-refractivity contribution in [3.63, 3.8) is 0 Å². The highest BCUT2D eigenvalue weighted by Crippen LogP contribution is 2.06. The summed E-state index contributed by atoms with van der Waals surface area (Å²) in [5, 5.41) is 0. The van der Waals surface area contributed by atoms with Crippen LogP contribution >= 0.6 is 0 Å². The standard InChI is InChI=1S/C14H12FN3O/c1-10(12-3-2-8-16-9-12)17-18-14(19)11-4-6-13(15)7-5-11/h2-9,17H,1H2,(H,18,19). The lowest BCUT2D eigenvalue weighted by atomic mass is 10.2. The summed E-state index contributed by atoms with van der Waals surface area (Å²) in [7, 11) is 0. The van der Waals surface area contributed by atoms with Crippen LogP contribution in [0.25, 0.3) is 5.70 Å². The number of nitrogens with one attached hydrogen (secondary N) is 2. The maximum atomic E-state index is 12.7. The van der Waals surface area contributed by atoms with Gasteiger partial charge >= 0.3 is 0 Å². The highest BCUT2D eigenvalue weighted by atomic mass is 19.1. The first-order valence-electron chi connectivity index (χ1n) is 5.58. The number of aromatic nitrogens is 1. The second-order valence-electron chi connectivity index (χ2n) is 3.81. The van der Waals surface area contributed by atoms with Gasteiger partial charge in [0.05, 0.1) is 5.70 Å². The van der Waals surface area contributed by atoms with Crippen LogP contribution in [0.5, 0.6) is 0 Å². The molecule has 0 unspecified atom stereocenters. The zero-order valence-electron chi connectivity index (χ0n) is 10.1. The summed E-state index contributed by atoms with van der Waals surface area (Å²) in [6, 6.07) is 8.84. The first-order valence-corrected chi connectivity index (χ1v) is 5.58. The van der Waals surface area contributed by atoms with Crippen molar-refractivity contribution in [1.29, 1.82) is 0 Å². The van der Waals surface area contributed by atoms with E-state index in [-0.39, 0.29) is 11.7 Å². The van der Waals surface area contributed by atoms with E-state index < -0.39 is 0 Å². The molecule has 1 amide bonds. The van der Waals surface area contributed by atoms with Crippen LogP contribution in [0.4, 0.5) is 4.39 Å². The number of hydrogen-bond donors (Lipinski definition) is 2. The molecule has 0 radical (unpaired) electrons. The van der Waals surface area contributed by atoms with Crippen molar-refractivity contribution < 1.29 is 9.18 Å². The number of carbonyl (C=O) groups excluding carboxylic acids is 1. The molecule has 0 aliphatic rings. The number of carbonyl (C=O) groups is 1. The van der Waals surface area contributed by atoms with E-state index in [0.29, 0.717) is 11.3 Å². The molecule has 0 aliphatic heterocycles. The Morgan fingerprint density at radius 1 is 1.11 bits per heavy atom. The predicted molar refractivity (Wildman–Crippen MR) is 70.3 cm³/mol. The van der Waals surface area contributed by atoms with Crippen molar-refractivity contribution >= 4 is 11.6 Å². The van der Waals surface area contributed by atoms with Crippen molar-refractivity contribution in [2.45, 2.75) is 0 Å². The Kier molecular flexibility index (Phi) is 3.87. The van der Waals surface area contributed by atoms with Gasteiger partial charge < -0.3 is 0 Å². The molecule has 0 spiro atoms.